The molecule has 2 aromatic rings. The molecule has 15 heteroatoms. The third kappa shape index (κ3) is 8.87. The summed E-state index contributed by atoms with van der Waals surface area (Å²) in [6.07, 6.45) is 0.967. The summed E-state index contributed by atoms with van der Waals surface area (Å²) < 4.78 is 17.6. The maximum atomic E-state index is 13.9. The number of nitriles is 1. The molecule has 1 aliphatic carbocycles. The van der Waals surface area contributed by atoms with Gasteiger partial charge in [-0.3, -0.25) is 24.0 Å². The lowest BCUT2D eigenvalue weighted by Crippen LogP contribution is -2.74. The second-order valence-electron chi connectivity index (χ2n) is 18.8. The summed E-state index contributed by atoms with van der Waals surface area (Å²) >= 11 is 6.29. The third-order valence-electron chi connectivity index (χ3n) is 12.5. The minimum atomic E-state index is -0.966. The van der Waals surface area contributed by atoms with Crippen molar-refractivity contribution in [1.82, 2.24) is 15.1 Å². The van der Waals surface area contributed by atoms with Crippen molar-refractivity contribution in [2.75, 3.05) is 37.7 Å². The predicted octanol–water partition coefficient (Wildman–Crippen LogP) is 4.83. The average molecular weight is 833 g/mol. The number of halogens is 1. The zero-order valence-electron chi connectivity index (χ0n) is 35.3. The molecule has 6 rings (SSSR count). The van der Waals surface area contributed by atoms with Crippen molar-refractivity contribution in [1.29, 1.82) is 5.26 Å². The van der Waals surface area contributed by atoms with E-state index in [9.17, 15) is 29.2 Å². The molecular formula is C44H57ClN6O8. The number of amides is 4. The van der Waals surface area contributed by atoms with Gasteiger partial charge in [-0.05, 0) is 60.1 Å². The Morgan fingerprint density at radius 2 is 1.73 bits per heavy atom. The van der Waals surface area contributed by atoms with Gasteiger partial charge in [-0.15, -0.1) is 0 Å². The number of nitrogens with zero attached hydrogens (tertiary/aromatic N) is 4. The van der Waals surface area contributed by atoms with Gasteiger partial charge in [-0.1, -0.05) is 60.1 Å². The van der Waals surface area contributed by atoms with Crippen LogP contribution in [0.25, 0.3) is 0 Å². The molecule has 2 saturated heterocycles. The first-order chi connectivity index (χ1) is 27.6. The van der Waals surface area contributed by atoms with E-state index in [0.717, 1.165) is 42.7 Å². The highest BCUT2D eigenvalue weighted by atomic mass is 35.5. The number of carbonyl (C=O) groups excluding carboxylic acids is 5. The summed E-state index contributed by atoms with van der Waals surface area (Å²) in [6, 6.07) is 11.3. The minimum Gasteiger partial charge on any atom is -0.489 e. The van der Waals surface area contributed by atoms with Crippen LogP contribution in [-0.4, -0.2) is 103 Å². The molecule has 3 heterocycles. The number of nitrogens with one attached hydrogen (secondary N) is 1. The molecule has 2 aromatic carbocycles. The predicted molar refractivity (Wildman–Crippen MR) is 220 cm³/mol. The van der Waals surface area contributed by atoms with Crippen molar-refractivity contribution in [2.45, 2.75) is 112 Å². The molecule has 3 atom stereocenters. The molecule has 0 aromatic heterocycles. The van der Waals surface area contributed by atoms with Crippen LogP contribution in [0.4, 0.5) is 5.69 Å². The molecule has 3 fully saturated rings. The quantitative estimate of drug-likeness (QED) is 0.281. The summed E-state index contributed by atoms with van der Waals surface area (Å²) in [4.78, 5) is 70.0. The number of hydrogen-bond donors (Lipinski definition) is 2. The lowest BCUT2D eigenvalue weighted by molar-refractivity contribution is -0.199. The summed E-state index contributed by atoms with van der Waals surface area (Å²) in [5.41, 5.74) is 7.36. The number of benzene rings is 2. The van der Waals surface area contributed by atoms with Gasteiger partial charge in [0.25, 0.3) is 5.91 Å². The number of anilines is 1. The Morgan fingerprint density at radius 1 is 1.05 bits per heavy atom. The number of primary amides is 1. The van der Waals surface area contributed by atoms with Crippen LogP contribution in [0, 0.1) is 33.5 Å². The first kappa shape index (κ1) is 43.7. The highest BCUT2D eigenvalue weighted by molar-refractivity contribution is 6.31. The molecule has 4 aliphatic rings. The number of hydrogen-bond acceptors (Lipinski definition) is 10. The number of carbonyl (C=O) groups is 5. The van der Waals surface area contributed by atoms with E-state index in [-0.39, 0.29) is 54.4 Å². The van der Waals surface area contributed by atoms with E-state index in [1.54, 1.807) is 18.2 Å². The van der Waals surface area contributed by atoms with Crippen LogP contribution in [0.5, 0.6) is 5.75 Å². The number of rotatable bonds is 12. The number of esters is 1. The van der Waals surface area contributed by atoms with E-state index in [1.165, 1.54) is 11.8 Å². The Bertz CT molecular complexity index is 2020. The van der Waals surface area contributed by atoms with Crippen LogP contribution in [0.3, 0.4) is 0 Å². The van der Waals surface area contributed by atoms with Crippen LogP contribution in [0.15, 0.2) is 36.4 Å². The zero-order chi connectivity index (χ0) is 43.2. The molecule has 59 heavy (non-hydrogen) atoms. The van der Waals surface area contributed by atoms with E-state index in [4.69, 9.17) is 31.5 Å². The average Bonchev–Trinajstić information content (AvgIpc) is 3.72. The van der Waals surface area contributed by atoms with Crippen molar-refractivity contribution >= 4 is 46.9 Å². The fourth-order valence-corrected chi connectivity index (χ4v) is 10.3. The highest BCUT2D eigenvalue weighted by Gasteiger charge is 2.67. The SMILES string of the molecule is CC(=O)O[C@@H]1C[C@@H](C(N)=O)N(C(=O)[C@@H](NC(=O)COCC2CCN(c3ccc4c(c3)CN([C@H]3C(C)(C)[C@H](Oc5ccc(C#N)c(Cl)c5)C3(C)C)C4=O)CC2)C(C)(C)C)C1. The van der Waals surface area contributed by atoms with Gasteiger partial charge in [0.05, 0.1) is 23.7 Å². The van der Waals surface area contributed by atoms with E-state index < -0.39 is 47.3 Å². The molecule has 0 radical (unpaired) electrons. The number of ether oxygens (including phenoxy) is 3. The van der Waals surface area contributed by atoms with Gasteiger partial charge in [0.2, 0.25) is 17.7 Å². The van der Waals surface area contributed by atoms with Crippen LogP contribution in [0.1, 0.15) is 96.1 Å². The molecule has 3 aliphatic heterocycles. The minimum absolute atomic E-state index is 0.0125. The molecule has 0 unspecified atom stereocenters. The lowest BCUT2D eigenvalue weighted by Gasteiger charge is -2.65. The Morgan fingerprint density at radius 3 is 2.32 bits per heavy atom. The van der Waals surface area contributed by atoms with Gasteiger partial charge in [-0.25, -0.2) is 0 Å². The van der Waals surface area contributed by atoms with E-state index in [2.05, 4.69) is 50.0 Å². The highest BCUT2D eigenvalue weighted by Crippen LogP contribution is 2.59. The molecule has 0 spiro atoms. The normalized spacial score (nSPS) is 24.1. The Hall–Kier alpha value is -4.87. The number of piperidine rings is 1. The molecule has 3 N–H and O–H groups in total. The monoisotopic (exact) mass is 832 g/mol. The van der Waals surface area contributed by atoms with Crippen LogP contribution < -0.4 is 20.7 Å². The molecule has 318 valence electrons. The number of likely N-dealkylation sites (tertiary alicyclic amines) is 1. The Kier molecular flexibility index (Phi) is 12.3. The van der Waals surface area contributed by atoms with Crippen molar-refractivity contribution in [3.63, 3.8) is 0 Å². The fourth-order valence-electron chi connectivity index (χ4n) is 10.1. The fraction of sp³-hybridized carbons (Fsp3) is 0.591. The van der Waals surface area contributed by atoms with Gasteiger partial charge in [0, 0.05) is 67.2 Å². The van der Waals surface area contributed by atoms with Gasteiger partial charge in [-0.2, -0.15) is 5.26 Å². The van der Waals surface area contributed by atoms with Crippen molar-refractivity contribution in [2.24, 2.45) is 27.9 Å². The number of fused-ring (bicyclic) bond motifs is 1. The third-order valence-corrected chi connectivity index (χ3v) is 12.8. The standard InChI is InChI=1S/C44H57ClN6O8/c1-25(52)58-31-19-34(37(47)54)50(22-31)39(56)36(42(2,3)4)48-35(53)24-57-23-26-13-15-49(16-14-26)29-10-12-32-28(17-29)21-51(38(32)55)40-43(5,6)41(44(40,7)8)59-30-11-9-27(20-46)33(45)18-30/h9-12,17-18,26,31,34,36,40-41H,13-16,19,21-24H2,1-8H3,(H2,47,54)(H,48,53)/t31-,34+,36-,40-,41-/m1/s1. The maximum absolute atomic E-state index is 13.9. The lowest BCUT2D eigenvalue weighted by atomic mass is 9.49. The van der Waals surface area contributed by atoms with Gasteiger partial charge < -0.3 is 40.0 Å². The van der Waals surface area contributed by atoms with Gasteiger partial charge >= 0.3 is 5.97 Å². The topological polar surface area (TPSA) is 185 Å². The van der Waals surface area contributed by atoms with E-state index in [1.807, 2.05) is 37.8 Å². The van der Waals surface area contributed by atoms with Crippen molar-refractivity contribution < 1.29 is 38.2 Å². The van der Waals surface area contributed by atoms with Crippen molar-refractivity contribution in [3.8, 4) is 11.8 Å². The maximum Gasteiger partial charge on any atom is 0.302 e. The van der Waals surface area contributed by atoms with E-state index >= 15 is 0 Å². The van der Waals surface area contributed by atoms with Crippen LogP contribution >= 0.6 is 11.6 Å². The molecular weight excluding hydrogens is 776 g/mol. The summed E-state index contributed by atoms with van der Waals surface area (Å²) in [5.74, 6) is -1.28. The number of nitrogens with two attached hydrogens (primary N) is 1. The largest absolute Gasteiger partial charge is 0.489 e. The van der Waals surface area contributed by atoms with Crippen LogP contribution in [-0.2, 0) is 35.2 Å². The summed E-state index contributed by atoms with van der Waals surface area (Å²) in [6.45, 7) is 17.5. The van der Waals surface area contributed by atoms with Crippen molar-refractivity contribution in [3.05, 3.63) is 58.1 Å². The van der Waals surface area contributed by atoms with Gasteiger partial charge in [0.15, 0.2) is 0 Å². The Balaban J connectivity index is 0.991. The second-order valence-corrected chi connectivity index (χ2v) is 19.2. The van der Waals surface area contributed by atoms with E-state index in [0.29, 0.717) is 29.5 Å². The molecule has 0 bridgehead atoms. The second kappa shape index (κ2) is 16.6. The Labute approximate surface area is 351 Å². The molecule has 1 saturated carbocycles. The smallest absolute Gasteiger partial charge is 0.302 e. The first-order valence-electron chi connectivity index (χ1n) is 20.3. The summed E-state index contributed by atoms with van der Waals surface area (Å²) in [5, 5.41) is 12.4. The molecule has 4 amide bonds. The van der Waals surface area contributed by atoms with Crippen LogP contribution in [0.2, 0.25) is 5.02 Å². The zero-order valence-corrected chi connectivity index (χ0v) is 36.1. The first-order valence-corrected chi connectivity index (χ1v) is 20.7. The molecule has 14 nitrogen and oxygen atoms in total. The summed E-state index contributed by atoms with van der Waals surface area (Å²) in [7, 11) is 0. The van der Waals surface area contributed by atoms with Gasteiger partial charge in [0.1, 0.15) is 42.7 Å².